The van der Waals surface area contributed by atoms with Gasteiger partial charge in [0, 0.05) is 38.6 Å². The summed E-state index contributed by atoms with van der Waals surface area (Å²) in [4.78, 5) is 26.9. The van der Waals surface area contributed by atoms with Gasteiger partial charge < -0.3 is 20.4 Å². The van der Waals surface area contributed by atoms with E-state index >= 15 is 0 Å². The van der Waals surface area contributed by atoms with Crippen LogP contribution in [0.2, 0.25) is 0 Å². The van der Waals surface area contributed by atoms with E-state index in [4.69, 9.17) is 0 Å². The Morgan fingerprint density at radius 1 is 1.00 bits per heavy atom. The van der Waals surface area contributed by atoms with E-state index in [1.807, 2.05) is 32.9 Å². The van der Waals surface area contributed by atoms with Crippen LogP contribution < -0.4 is 10.6 Å². The molecule has 0 spiro atoms. The number of aryl methyl sites for hydroxylation is 1. The second-order valence-electron chi connectivity index (χ2n) is 4.92. The molecule has 0 aliphatic rings. The molecule has 0 aliphatic heterocycles. The van der Waals surface area contributed by atoms with E-state index in [2.05, 4.69) is 10.6 Å². The standard InChI is InChI=1S/C15H24N4O2/c1-6-18(4)14(20)16-12-9-8-11(3)13(10-12)17-15(21)19(5)7-2/h8-10H,6-7H2,1-5H3,(H,16,20)(H,17,21). The second kappa shape index (κ2) is 7.52. The van der Waals surface area contributed by atoms with Crippen LogP contribution >= 0.6 is 0 Å². The molecule has 1 rings (SSSR count). The van der Waals surface area contributed by atoms with Crippen LogP contribution in [0, 0.1) is 6.92 Å². The first-order valence-corrected chi connectivity index (χ1v) is 7.03. The number of hydrogen-bond donors (Lipinski definition) is 2. The molecule has 6 heteroatoms. The van der Waals surface area contributed by atoms with Crippen molar-refractivity contribution in [3.63, 3.8) is 0 Å². The van der Waals surface area contributed by atoms with Crippen LogP contribution in [0.4, 0.5) is 21.0 Å². The van der Waals surface area contributed by atoms with Gasteiger partial charge in [-0.2, -0.15) is 0 Å². The zero-order chi connectivity index (χ0) is 16.0. The minimum atomic E-state index is -0.177. The van der Waals surface area contributed by atoms with Crippen LogP contribution in [0.15, 0.2) is 18.2 Å². The monoisotopic (exact) mass is 292 g/mol. The number of amides is 4. The Morgan fingerprint density at radius 2 is 1.52 bits per heavy atom. The average Bonchev–Trinajstić information content (AvgIpc) is 2.48. The van der Waals surface area contributed by atoms with Crippen molar-refractivity contribution < 1.29 is 9.59 Å². The molecule has 1 aromatic carbocycles. The first kappa shape index (κ1) is 16.8. The lowest BCUT2D eigenvalue weighted by molar-refractivity contribution is 0.224. The van der Waals surface area contributed by atoms with Gasteiger partial charge in [-0.15, -0.1) is 0 Å². The number of anilines is 2. The number of urea groups is 2. The zero-order valence-corrected chi connectivity index (χ0v) is 13.4. The normalized spacial score (nSPS) is 9.95. The molecular weight excluding hydrogens is 268 g/mol. The van der Waals surface area contributed by atoms with Gasteiger partial charge in [-0.3, -0.25) is 0 Å². The molecular formula is C15H24N4O2. The molecule has 0 radical (unpaired) electrons. The average molecular weight is 292 g/mol. The highest BCUT2D eigenvalue weighted by atomic mass is 16.2. The lowest BCUT2D eigenvalue weighted by Crippen LogP contribution is -2.32. The third-order valence-corrected chi connectivity index (χ3v) is 3.37. The van der Waals surface area contributed by atoms with Crippen molar-refractivity contribution in [2.24, 2.45) is 0 Å². The third-order valence-electron chi connectivity index (χ3n) is 3.37. The van der Waals surface area contributed by atoms with Crippen molar-refractivity contribution >= 4 is 23.4 Å². The summed E-state index contributed by atoms with van der Waals surface area (Å²) < 4.78 is 0. The van der Waals surface area contributed by atoms with Gasteiger partial charge in [0.05, 0.1) is 0 Å². The molecule has 2 N–H and O–H groups in total. The molecule has 0 heterocycles. The Bertz CT molecular complexity index is 516. The van der Waals surface area contributed by atoms with Gasteiger partial charge in [-0.05, 0) is 38.5 Å². The summed E-state index contributed by atoms with van der Waals surface area (Å²) in [6.45, 7) is 6.97. The minimum Gasteiger partial charge on any atom is -0.328 e. The molecule has 0 fully saturated rings. The predicted molar refractivity (Wildman–Crippen MR) is 85.8 cm³/mol. The van der Waals surface area contributed by atoms with Gasteiger partial charge in [0.15, 0.2) is 0 Å². The molecule has 0 saturated heterocycles. The van der Waals surface area contributed by atoms with Crippen LogP contribution in [0.3, 0.4) is 0 Å². The van der Waals surface area contributed by atoms with E-state index in [1.165, 1.54) is 0 Å². The molecule has 4 amide bonds. The molecule has 6 nitrogen and oxygen atoms in total. The number of nitrogens with zero attached hydrogens (tertiary/aromatic N) is 2. The molecule has 0 unspecified atom stereocenters. The number of hydrogen-bond acceptors (Lipinski definition) is 2. The summed E-state index contributed by atoms with van der Waals surface area (Å²) in [6, 6.07) is 5.09. The number of benzene rings is 1. The maximum atomic E-state index is 11.9. The van der Waals surface area contributed by atoms with Crippen molar-refractivity contribution in [3.8, 4) is 0 Å². The Labute approximate surface area is 126 Å². The van der Waals surface area contributed by atoms with Crippen LogP contribution in [0.25, 0.3) is 0 Å². The first-order valence-electron chi connectivity index (χ1n) is 7.03. The maximum absolute atomic E-state index is 11.9. The number of carbonyl (C=O) groups is 2. The smallest absolute Gasteiger partial charge is 0.321 e. The maximum Gasteiger partial charge on any atom is 0.321 e. The van der Waals surface area contributed by atoms with E-state index < -0.39 is 0 Å². The van der Waals surface area contributed by atoms with E-state index in [-0.39, 0.29) is 12.1 Å². The van der Waals surface area contributed by atoms with E-state index in [0.29, 0.717) is 24.5 Å². The molecule has 0 aliphatic carbocycles. The molecule has 0 saturated carbocycles. The van der Waals surface area contributed by atoms with Gasteiger partial charge in [0.1, 0.15) is 0 Å². The van der Waals surface area contributed by atoms with Crippen molar-refractivity contribution in [2.45, 2.75) is 20.8 Å². The molecule has 0 bridgehead atoms. The van der Waals surface area contributed by atoms with Crippen LogP contribution in [-0.2, 0) is 0 Å². The van der Waals surface area contributed by atoms with Gasteiger partial charge in [-0.25, -0.2) is 9.59 Å². The minimum absolute atomic E-state index is 0.172. The fourth-order valence-electron chi connectivity index (χ4n) is 1.55. The van der Waals surface area contributed by atoms with Crippen molar-refractivity contribution in [2.75, 3.05) is 37.8 Å². The molecule has 116 valence electrons. The Morgan fingerprint density at radius 3 is 2.05 bits per heavy atom. The van der Waals surface area contributed by atoms with Crippen LogP contribution in [-0.4, -0.2) is 49.0 Å². The number of nitrogens with one attached hydrogen (secondary N) is 2. The first-order chi connectivity index (χ1) is 9.88. The van der Waals surface area contributed by atoms with E-state index in [1.54, 1.807) is 30.0 Å². The van der Waals surface area contributed by atoms with Crippen LogP contribution in [0.1, 0.15) is 19.4 Å². The van der Waals surface area contributed by atoms with Crippen LogP contribution in [0.5, 0.6) is 0 Å². The quantitative estimate of drug-likeness (QED) is 0.896. The number of carbonyl (C=O) groups excluding carboxylic acids is 2. The SMILES string of the molecule is CCN(C)C(=O)Nc1ccc(C)c(NC(=O)N(C)CC)c1. The lowest BCUT2D eigenvalue weighted by atomic mass is 10.2. The Kier molecular flexibility index (Phi) is 6.02. The molecule has 1 aromatic rings. The summed E-state index contributed by atoms with van der Waals surface area (Å²) in [5.74, 6) is 0. The molecule has 0 atom stereocenters. The van der Waals surface area contributed by atoms with E-state index in [0.717, 1.165) is 5.56 Å². The van der Waals surface area contributed by atoms with Crippen molar-refractivity contribution in [1.29, 1.82) is 0 Å². The molecule has 21 heavy (non-hydrogen) atoms. The summed E-state index contributed by atoms with van der Waals surface area (Å²) in [6.07, 6.45) is 0. The molecule has 0 aromatic heterocycles. The zero-order valence-electron chi connectivity index (χ0n) is 13.4. The van der Waals surface area contributed by atoms with E-state index in [9.17, 15) is 9.59 Å². The van der Waals surface area contributed by atoms with Gasteiger partial charge in [0.2, 0.25) is 0 Å². The summed E-state index contributed by atoms with van der Waals surface area (Å²) >= 11 is 0. The fourth-order valence-corrected chi connectivity index (χ4v) is 1.55. The summed E-state index contributed by atoms with van der Waals surface area (Å²) in [5.41, 5.74) is 2.28. The highest BCUT2D eigenvalue weighted by molar-refractivity contribution is 5.93. The Hall–Kier alpha value is -2.24. The third kappa shape index (κ3) is 4.66. The van der Waals surface area contributed by atoms with Crippen molar-refractivity contribution in [3.05, 3.63) is 23.8 Å². The second-order valence-corrected chi connectivity index (χ2v) is 4.92. The lowest BCUT2D eigenvalue weighted by Gasteiger charge is -2.19. The van der Waals surface area contributed by atoms with Gasteiger partial charge in [0.25, 0.3) is 0 Å². The largest absolute Gasteiger partial charge is 0.328 e. The summed E-state index contributed by atoms with van der Waals surface area (Å²) in [5, 5.41) is 5.64. The van der Waals surface area contributed by atoms with Gasteiger partial charge >= 0.3 is 12.1 Å². The highest BCUT2D eigenvalue weighted by Crippen LogP contribution is 2.21. The topological polar surface area (TPSA) is 64.7 Å². The Balaban J connectivity index is 2.85. The van der Waals surface area contributed by atoms with Crippen molar-refractivity contribution in [1.82, 2.24) is 9.80 Å². The highest BCUT2D eigenvalue weighted by Gasteiger charge is 2.11. The fraction of sp³-hybridized carbons (Fsp3) is 0.467. The predicted octanol–water partition coefficient (Wildman–Crippen LogP) is 2.96. The van der Waals surface area contributed by atoms with Gasteiger partial charge in [-0.1, -0.05) is 6.07 Å². The number of rotatable bonds is 4. The summed E-state index contributed by atoms with van der Waals surface area (Å²) in [7, 11) is 3.45.